The second kappa shape index (κ2) is 9.47. The molecule has 0 spiro atoms. The van der Waals surface area contributed by atoms with Crippen molar-refractivity contribution in [2.75, 3.05) is 14.2 Å². The van der Waals surface area contributed by atoms with Crippen LogP contribution in [-0.4, -0.2) is 36.7 Å². The summed E-state index contributed by atoms with van der Waals surface area (Å²) in [7, 11) is 4.96. The molecular weight excluding hydrogens is 404 g/mol. The van der Waals surface area contributed by atoms with Gasteiger partial charge in [0.2, 0.25) is 0 Å². The number of fused-ring (bicyclic) bond motifs is 1. The van der Waals surface area contributed by atoms with Gasteiger partial charge in [0.05, 0.1) is 19.8 Å². The quantitative estimate of drug-likeness (QED) is 0.575. The summed E-state index contributed by atoms with van der Waals surface area (Å²) in [6, 6.07) is 11.5. The average Bonchev–Trinajstić information content (AvgIpc) is 3.13. The number of ether oxygens (including phenoxy) is 2. The molecule has 0 radical (unpaired) electrons. The zero-order valence-corrected chi connectivity index (χ0v) is 18.9. The monoisotopic (exact) mass is 434 g/mol. The van der Waals surface area contributed by atoms with Gasteiger partial charge in [0.1, 0.15) is 5.75 Å². The normalized spacial score (nSPS) is 14.3. The summed E-state index contributed by atoms with van der Waals surface area (Å²) in [4.78, 5) is 24.7. The van der Waals surface area contributed by atoms with Gasteiger partial charge >= 0.3 is 5.97 Å². The van der Waals surface area contributed by atoms with E-state index in [1.807, 2.05) is 31.3 Å². The van der Waals surface area contributed by atoms with E-state index in [2.05, 4.69) is 16.1 Å². The molecule has 0 bridgehead atoms. The van der Waals surface area contributed by atoms with Crippen molar-refractivity contribution in [1.82, 2.24) is 9.88 Å². The van der Waals surface area contributed by atoms with Crippen molar-refractivity contribution in [2.45, 2.75) is 44.6 Å². The molecule has 1 aromatic heterocycles. The third-order valence-electron chi connectivity index (χ3n) is 6.36. The Balaban J connectivity index is 1.62. The summed E-state index contributed by atoms with van der Waals surface area (Å²) in [6.07, 6.45) is 8.46. The van der Waals surface area contributed by atoms with Crippen LogP contribution in [0.4, 0.5) is 0 Å². The van der Waals surface area contributed by atoms with Crippen molar-refractivity contribution >= 4 is 22.8 Å². The number of carbonyl (C=O) groups is 2. The fourth-order valence-corrected chi connectivity index (χ4v) is 4.61. The van der Waals surface area contributed by atoms with Gasteiger partial charge in [-0.25, -0.2) is 4.79 Å². The number of aromatic nitrogens is 1. The third-order valence-corrected chi connectivity index (χ3v) is 6.36. The Hall–Kier alpha value is -3.28. The lowest BCUT2D eigenvalue weighted by Crippen LogP contribution is -2.36. The number of carbonyl (C=O) groups excluding carboxylic acids is 2. The van der Waals surface area contributed by atoms with Gasteiger partial charge in [-0.2, -0.15) is 0 Å². The Morgan fingerprint density at radius 3 is 2.47 bits per heavy atom. The molecule has 3 aromatic rings. The molecule has 0 atom stereocenters. The molecule has 2 aromatic carbocycles. The molecule has 1 heterocycles. The van der Waals surface area contributed by atoms with Crippen LogP contribution in [0.15, 0.2) is 42.6 Å². The van der Waals surface area contributed by atoms with Crippen molar-refractivity contribution < 1.29 is 19.1 Å². The van der Waals surface area contributed by atoms with Gasteiger partial charge < -0.3 is 19.4 Å². The number of amides is 1. The van der Waals surface area contributed by atoms with Gasteiger partial charge in [0.15, 0.2) is 0 Å². The Bertz CT molecular complexity index is 1140. The van der Waals surface area contributed by atoms with E-state index < -0.39 is 5.97 Å². The van der Waals surface area contributed by atoms with E-state index in [4.69, 9.17) is 9.47 Å². The van der Waals surface area contributed by atoms with E-state index in [0.29, 0.717) is 23.3 Å². The van der Waals surface area contributed by atoms with Crippen LogP contribution < -0.4 is 10.1 Å². The molecule has 1 aliphatic rings. The molecule has 1 saturated carbocycles. The van der Waals surface area contributed by atoms with Gasteiger partial charge in [-0.15, -0.1) is 0 Å². The van der Waals surface area contributed by atoms with Crippen molar-refractivity contribution in [3.05, 3.63) is 64.8 Å². The summed E-state index contributed by atoms with van der Waals surface area (Å²) in [6.45, 7) is 0. The molecule has 0 aliphatic heterocycles. The number of esters is 1. The molecule has 6 heteroatoms. The van der Waals surface area contributed by atoms with Gasteiger partial charge in [0.25, 0.3) is 5.91 Å². The molecule has 0 saturated heterocycles. The van der Waals surface area contributed by atoms with Crippen molar-refractivity contribution in [3.8, 4) is 5.75 Å². The molecule has 1 N–H and O–H groups in total. The Kier molecular flexibility index (Phi) is 6.49. The highest BCUT2D eigenvalue weighted by atomic mass is 16.5. The molecule has 6 nitrogen and oxygen atoms in total. The van der Waals surface area contributed by atoms with E-state index in [9.17, 15) is 9.59 Å². The minimum atomic E-state index is -0.395. The van der Waals surface area contributed by atoms with Crippen LogP contribution in [0, 0.1) is 0 Å². The van der Waals surface area contributed by atoms with Crippen LogP contribution >= 0.6 is 0 Å². The second-order valence-electron chi connectivity index (χ2n) is 8.50. The number of aryl methyl sites for hydroxylation is 1. The standard InChI is InChI=1S/C26H30N2O4/c1-28-16-20(13-17-9-10-19(26(30)32-3)15-24(17)31-2)22-14-18(11-12-23(22)28)25(29)27-21-7-5-4-6-8-21/h9-12,14-16,21H,4-8,13H2,1-3H3,(H,27,29). The van der Waals surface area contributed by atoms with Crippen molar-refractivity contribution in [1.29, 1.82) is 0 Å². The highest BCUT2D eigenvalue weighted by molar-refractivity contribution is 5.99. The van der Waals surface area contributed by atoms with Gasteiger partial charge in [-0.1, -0.05) is 25.3 Å². The number of rotatable bonds is 6. The minimum Gasteiger partial charge on any atom is -0.496 e. The first-order valence-electron chi connectivity index (χ1n) is 11.1. The summed E-state index contributed by atoms with van der Waals surface area (Å²) in [5.74, 6) is 0.235. The summed E-state index contributed by atoms with van der Waals surface area (Å²) >= 11 is 0. The Morgan fingerprint density at radius 1 is 1.00 bits per heavy atom. The Labute approximate surface area is 188 Å². The molecule has 1 aliphatic carbocycles. The fourth-order valence-electron chi connectivity index (χ4n) is 4.61. The largest absolute Gasteiger partial charge is 0.496 e. The first-order chi connectivity index (χ1) is 15.5. The zero-order valence-electron chi connectivity index (χ0n) is 18.9. The van der Waals surface area contributed by atoms with E-state index in [0.717, 1.165) is 34.9 Å². The number of benzene rings is 2. The lowest BCUT2D eigenvalue weighted by Gasteiger charge is -2.22. The number of methoxy groups -OCH3 is 2. The van der Waals surface area contributed by atoms with Crippen molar-refractivity contribution in [3.63, 3.8) is 0 Å². The number of hydrogen-bond donors (Lipinski definition) is 1. The summed E-state index contributed by atoms with van der Waals surface area (Å²) < 4.78 is 12.4. The van der Waals surface area contributed by atoms with Crippen LogP contribution in [0.2, 0.25) is 0 Å². The van der Waals surface area contributed by atoms with E-state index in [-0.39, 0.29) is 11.9 Å². The van der Waals surface area contributed by atoms with Crippen LogP contribution in [0.1, 0.15) is 63.9 Å². The summed E-state index contributed by atoms with van der Waals surface area (Å²) in [5, 5.41) is 4.25. The molecular formula is C26H30N2O4. The molecule has 32 heavy (non-hydrogen) atoms. The highest BCUT2D eigenvalue weighted by Crippen LogP contribution is 2.29. The molecule has 1 amide bonds. The van der Waals surface area contributed by atoms with Gasteiger partial charge in [0, 0.05) is 42.2 Å². The van der Waals surface area contributed by atoms with E-state index in [1.165, 1.54) is 26.4 Å². The fraction of sp³-hybridized carbons (Fsp3) is 0.385. The lowest BCUT2D eigenvalue weighted by molar-refractivity contribution is 0.0600. The van der Waals surface area contributed by atoms with Crippen LogP contribution in [0.5, 0.6) is 5.75 Å². The minimum absolute atomic E-state index is 0.00591. The van der Waals surface area contributed by atoms with Crippen LogP contribution in [0.3, 0.4) is 0 Å². The topological polar surface area (TPSA) is 69.6 Å². The summed E-state index contributed by atoms with van der Waals surface area (Å²) in [5.41, 5.74) is 4.26. The smallest absolute Gasteiger partial charge is 0.337 e. The first kappa shape index (κ1) is 21.9. The predicted octanol–water partition coefficient (Wildman–Crippen LogP) is 4.63. The van der Waals surface area contributed by atoms with Gasteiger partial charge in [-0.3, -0.25) is 4.79 Å². The maximum atomic E-state index is 12.9. The molecule has 4 rings (SSSR count). The van der Waals surface area contributed by atoms with E-state index >= 15 is 0 Å². The van der Waals surface area contributed by atoms with Gasteiger partial charge in [-0.05, 0) is 54.3 Å². The number of nitrogens with one attached hydrogen (secondary N) is 1. The predicted molar refractivity (Wildman–Crippen MR) is 124 cm³/mol. The molecule has 168 valence electrons. The third kappa shape index (κ3) is 4.49. The maximum Gasteiger partial charge on any atom is 0.337 e. The Morgan fingerprint density at radius 2 is 1.75 bits per heavy atom. The second-order valence-corrected chi connectivity index (χ2v) is 8.50. The molecule has 0 unspecified atom stereocenters. The highest BCUT2D eigenvalue weighted by Gasteiger charge is 2.18. The lowest BCUT2D eigenvalue weighted by atomic mass is 9.95. The number of nitrogens with zero attached hydrogens (tertiary/aromatic N) is 1. The number of hydrogen-bond acceptors (Lipinski definition) is 4. The average molecular weight is 435 g/mol. The zero-order chi connectivity index (χ0) is 22.7. The van der Waals surface area contributed by atoms with Crippen LogP contribution in [-0.2, 0) is 18.2 Å². The maximum absolute atomic E-state index is 12.9. The van der Waals surface area contributed by atoms with E-state index in [1.54, 1.807) is 19.2 Å². The van der Waals surface area contributed by atoms with Crippen LogP contribution in [0.25, 0.3) is 10.9 Å². The SMILES string of the molecule is COC(=O)c1ccc(Cc2cn(C)c3ccc(C(=O)NC4CCCCC4)cc23)c(OC)c1. The first-order valence-corrected chi connectivity index (χ1v) is 11.1. The molecule has 1 fully saturated rings. The van der Waals surface area contributed by atoms with Crippen molar-refractivity contribution in [2.24, 2.45) is 7.05 Å².